The van der Waals surface area contributed by atoms with E-state index in [0.29, 0.717) is 0 Å². The Morgan fingerprint density at radius 3 is 1.25 bits per heavy atom. The number of carbonyl (C=O) groups is 1. The van der Waals surface area contributed by atoms with Crippen LogP contribution in [0, 0.1) is 0 Å². The van der Waals surface area contributed by atoms with Crippen molar-refractivity contribution in [1.29, 1.82) is 0 Å². The second-order valence-electron chi connectivity index (χ2n) is 0.283. The molecule has 0 heterocycles. The monoisotopic (exact) mass is 136 g/mol. The zero-order chi connectivity index (χ0) is 5.58. The minimum atomic E-state index is -1.83. The molecular weight excluding hydrogens is 127 g/mol. The van der Waals surface area contributed by atoms with E-state index in [1.54, 1.807) is 0 Å². The van der Waals surface area contributed by atoms with Crippen molar-refractivity contribution in [3.8, 4) is 0 Å². The summed E-state index contributed by atoms with van der Waals surface area (Å²) >= 11 is 0. The van der Waals surface area contributed by atoms with E-state index in [4.69, 9.17) is 15.0 Å². The van der Waals surface area contributed by atoms with Gasteiger partial charge in [0.2, 0.25) is 0 Å². The third-order valence-electron chi connectivity index (χ3n) is 0. The fourth-order valence-corrected chi connectivity index (χ4v) is 0. The Morgan fingerprint density at radius 2 is 1.25 bits per heavy atom. The fourth-order valence-electron chi connectivity index (χ4n) is 0. The van der Waals surface area contributed by atoms with Crippen LogP contribution in [0.5, 0.6) is 0 Å². The van der Waals surface area contributed by atoms with Gasteiger partial charge in [0, 0.05) is 0 Å². The quantitative estimate of drug-likeness (QED) is 0.166. The van der Waals surface area contributed by atoms with Crippen LogP contribution in [0.2, 0.25) is 0 Å². The summed E-state index contributed by atoms with van der Waals surface area (Å²) < 4.78 is 0. The molecule has 0 aliphatic carbocycles. The molecular formula is CH9N2NaO4. The molecule has 0 aliphatic heterocycles. The predicted molar refractivity (Wildman–Crippen MR) is 29.8 cm³/mol. The standard InChI is InChI=1S/CH2O3.H4N2.Na.H2O.H/c2-1(3)4;1-2;;;/h(H2,2,3,4);1-2H2;;1H2;. The van der Waals surface area contributed by atoms with Crippen molar-refractivity contribution in [2.75, 3.05) is 0 Å². The van der Waals surface area contributed by atoms with Gasteiger partial charge in [-0.2, -0.15) is 0 Å². The number of rotatable bonds is 0. The molecule has 0 aromatic rings. The van der Waals surface area contributed by atoms with E-state index in [1.165, 1.54) is 0 Å². The summed E-state index contributed by atoms with van der Waals surface area (Å²) in [6, 6.07) is 0. The van der Waals surface area contributed by atoms with E-state index in [-0.39, 0.29) is 35.0 Å². The summed E-state index contributed by atoms with van der Waals surface area (Å²) in [4.78, 5) is 8.56. The van der Waals surface area contributed by atoms with Crippen molar-refractivity contribution in [3.05, 3.63) is 0 Å². The van der Waals surface area contributed by atoms with E-state index in [1.807, 2.05) is 0 Å². The average molecular weight is 136 g/mol. The second kappa shape index (κ2) is 27.3. The van der Waals surface area contributed by atoms with E-state index >= 15 is 0 Å². The molecule has 0 rings (SSSR count). The van der Waals surface area contributed by atoms with Crippen LogP contribution in [-0.2, 0) is 0 Å². The first-order valence-corrected chi connectivity index (χ1v) is 0.985. The molecule has 0 saturated heterocycles. The summed E-state index contributed by atoms with van der Waals surface area (Å²) in [6.07, 6.45) is -1.83. The molecule has 7 heteroatoms. The van der Waals surface area contributed by atoms with Gasteiger partial charge in [-0.25, -0.2) is 4.79 Å². The van der Waals surface area contributed by atoms with Gasteiger partial charge in [-0.05, 0) is 0 Å². The molecule has 0 aliphatic rings. The summed E-state index contributed by atoms with van der Waals surface area (Å²) in [5.74, 6) is 8.00. The Balaban J connectivity index is -0.0000000183. The molecule has 8 heavy (non-hydrogen) atoms. The van der Waals surface area contributed by atoms with Gasteiger partial charge in [0.1, 0.15) is 0 Å². The fraction of sp³-hybridized carbons (Fsp3) is 0. The third kappa shape index (κ3) is 7250. The molecule has 48 valence electrons. The van der Waals surface area contributed by atoms with Crippen molar-refractivity contribution >= 4 is 35.7 Å². The molecule has 0 saturated carbocycles. The average Bonchev–Trinajstić information content (AvgIpc) is 1.41. The van der Waals surface area contributed by atoms with Crippen molar-refractivity contribution in [2.24, 2.45) is 11.7 Å². The van der Waals surface area contributed by atoms with E-state index in [2.05, 4.69) is 11.7 Å². The van der Waals surface area contributed by atoms with Crippen LogP contribution in [-0.4, -0.2) is 51.4 Å². The molecule has 6 nitrogen and oxygen atoms in total. The van der Waals surface area contributed by atoms with Gasteiger partial charge in [0.25, 0.3) is 0 Å². The normalized spacial score (nSPS) is 3.75. The maximum atomic E-state index is 8.56. The SMILES string of the molecule is NN.O.O=C(O)O.[NaH]. The van der Waals surface area contributed by atoms with Crippen molar-refractivity contribution in [1.82, 2.24) is 0 Å². The summed E-state index contributed by atoms with van der Waals surface area (Å²) in [5, 5.41) is 13.9. The van der Waals surface area contributed by atoms with Crippen LogP contribution in [0.15, 0.2) is 0 Å². The van der Waals surface area contributed by atoms with Gasteiger partial charge in [-0.1, -0.05) is 0 Å². The van der Waals surface area contributed by atoms with Crippen molar-refractivity contribution in [3.63, 3.8) is 0 Å². The van der Waals surface area contributed by atoms with E-state index in [0.717, 1.165) is 0 Å². The number of hydrazine groups is 1. The Labute approximate surface area is 68.0 Å². The van der Waals surface area contributed by atoms with Gasteiger partial charge in [0.15, 0.2) is 0 Å². The Bertz CT molecular complexity index is 37.0. The second-order valence-corrected chi connectivity index (χ2v) is 0.283. The molecule has 0 atom stereocenters. The van der Waals surface area contributed by atoms with E-state index < -0.39 is 6.16 Å². The molecule has 8 N–H and O–H groups in total. The van der Waals surface area contributed by atoms with Crippen LogP contribution in [0.3, 0.4) is 0 Å². The summed E-state index contributed by atoms with van der Waals surface area (Å²) in [5.41, 5.74) is 0. The number of hydrogen-bond donors (Lipinski definition) is 4. The van der Waals surface area contributed by atoms with E-state index in [9.17, 15) is 0 Å². The van der Waals surface area contributed by atoms with Crippen LogP contribution in [0.25, 0.3) is 0 Å². The first kappa shape index (κ1) is 24.2. The predicted octanol–water partition coefficient (Wildman–Crippen LogP) is -2.43. The summed E-state index contributed by atoms with van der Waals surface area (Å²) in [6.45, 7) is 0. The molecule has 0 aromatic carbocycles. The topological polar surface area (TPSA) is 141 Å². The van der Waals surface area contributed by atoms with Gasteiger partial charge in [0.05, 0.1) is 0 Å². The number of carboxylic acid groups (broad SMARTS) is 2. The Kier molecular flexibility index (Phi) is 82.4. The first-order chi connectivity index (χ1) is 2.73. The first-order valence-electron chi connectivity index (χ1n) is 0.985. The molecule has 0 amide bonds. The third-order valence-corrected chi connectivity index (χ3v) is 0. The molecule has 0 radical (unpaired) electrons. The number of hydrogen-bond acceptors (Lipinski definition) is 3. The zero-order valence-corrected chi connectivity index (χ0v) is 3.46. The molecule has 0 bridgehead atoms. The van der Waals surface area contributed by atoms with Gasteiger partial charge >= 0.3 is 35.7 Å². The summed E-state index contributed by atoms with van der Waals surface area (Å²) in [7, 11) is 0. The zero-order valence-electron chi connectivity index (χ0n) is 3.46. The minimum absolute atomic E-state index is 0. The van der Waals surface area contributed by atoms with Crippen LogP contribution in [0.1, 0.15) is 0 Å². The van der Waals surface area contributed by atoms with Gasteiger partial charge in [-0.3, -0.25) is 11.7 Å². The molecule has 0 spiro atoms. The molecule has 0 fully saturated rings. The Morgan fingerprint density at radius 1 is 1.25 bits per heavy atom. The molecule has 0 unspecified atom stereocenters. The van der Waals surface area contributed by atoms with Crippen LogP contribution >= 0.6 is 0 Å². The van der Waals surface area contributed by atoms with Crippen LogP contribution in [0.4, 0.5) is 4.79 Å². The number of nitrogens with two attached hydrogens (primary N) is 2. The van der Waals surface area contributed by atoms with Crippen LogP contribution < -0.4 is 11.7 Å². The maximum absolute atomic E-state index is 8.56. The van der Waals surface area contributed by atoms with Gasteiger partial charge in [-0.15, -0.1) is 0 Å². The Hall–Kier alpha value is 0.150. The van der Waals surface area contributed by atoms with Crippen molar-refractivity contribution < 1.29 is 20.5 Å². The molecule has 0 aromatic heterocycles. The van der Waals surface area contributed by atoms with Crippen molar-refractivity contribution in [2.45, 2.75) is 0 Å². The van der Waals surface area contributed by atoms with Gasteiger partial charge < -0.3 is 15.7 Å².